The zero-order chi connectivity index (χ0) is 28.9. The molecule has 3 atom stereocenters. The van der Waals surface area contributed by atoms with E-state index in [9.17, 15) is 24.6 Å². The van der Waals surface area contributed by atoms with Crippen LogP contribution in [0.1, 0.15) is 42.1 Å². The second-order valence-electron chi connectivity index (χ2n) is 11.0. The van der Waals surface area contributed by atoms with Crippen LogP contribution < -0.4 is 9.80 Å². The van der Waals surface area contributed by atoms with E-state index in [1.54, 1.807) is 53.2 Å². The van der Waals surface area contributed by atoms with E-state index in [-0.39, 0.29) is 37.4 Å². The minimum Gasteiger partial charge on any atom is -0.394 e. The normalized spacial score (nSPS) is 22.3. The van der Waals surface area contributed by atoms with E-state index in [2.05, 4.69) is 6.58 Å². The monoisotopic (exact) mass is 551 g/mol. The third-order valence-corrected chi connectivity index (χ3v) is 8.66. The summed E-state index contributed by atoms with van der Waals surface area (Å²) < 4.78 is 0. The van der Waals surface area contributed by atoms with Crippen LogP contribution in [0.5, 0.6) is 0 Å². The summed E-state index contributed by atoms with van der Waals surface area (Å²) in [4.78, 5) is 44.9. The molecule has 8 heteroatoms. The number of benzene rings is 3. The Balaban J connectivity index is 1.34. The third-order valence-electron chi connectivity index (χ3n) is 8.66. The Morgan fingerprint density at radius 2 is 1.93 bits per heavy atom. The van der Waals surface area contributed by atoms with Crippen molar-refractivity contribution in [3.8, 4) is 0 Å². The van der Waals surface area contributed by atoms with Crippen molar-refractivity contribution in [2.24, 2.45) is 5.92 Å². The van der Waals surface area contributed by atoms with Crippen LogP contribution in [0.15, 0.2) is 79.4 Å². The molecule has 0 bridgehead atoms. The van der Waals surface area contributed by atoms with Crippen molar-refractivity contribution in [1.82, 2.24) is 4.90 Å². The van der Waals surface area contributed by atoms with E-state index < -0.39 is 17.4 Å². The second kappa shape index (κ2) is 10.3. The number of likely N-dealkylation sites (tertiary alicyclic amines) is 1. The number of fused-ring (bicyclic) bond motifs is 1. The van der Waals surface area contributed by atoms with Crippen LogP contribution in [-0.2, 0) is 15.2 Å². The lowest BCUT2D eigenvalue weighted by Crippen LogP contribution is -2.44. The fraction of sp³-hybridized carbons (Fsp3) is 0.303. The Morgan fingerprint density at radius 1 is 1.15 bits per heavy atom. The highest BCUT2D eigenvalue weighted by atomic mass is 16.3. The highest BCUT2D eigenvalue weighted by Gasteiger charge is 2.52. The first kappa shape index (κ1) is 26.9. The molecule has 0 unspecified atom stereocenters. The van der Waals surface area contributed by atoms with Crippen molar-refractivity contribution < 1.29 is 24.6 Å². The number of nitrogens with zero attached hydrogens (tertiary/aromatic N) is 3. The van der Waals surface area contributed by atoms with Gasteiger partial charge in [0.1, 0.15) is 0 Å². The molecule has 41 heavy (non-hydrogen) atoms. The van der Waals surface area contributed by atoms with Gasteiger partial charge in [-0.05, 0) is 48.6 Å². The van der Waals surface area contributed by atoms with Gasteiger partial charge in [0.15, 0.2) is 5.60 Å². The van der Waals surface area contributed by atoms with Gasteiger partial charge in [-0.2, -0.15) is 0 Å². The summed E-state index contributed by atoms with van der Waals surface area (Å²) in [5.41, 5.74) is 0.981. The third kappa shape index (κ3) is 4.09. The van der Waals surface area contributed by atoms with Crippen LogP contribution >= 0.6 is 0 Å². The van der Waals surface area contributed by atoms with Crippen LogP contribution in [0, 0.1) is 5.92 Å². The molecule has 3 aliphatic heterocycles. The van der Waals surface area contributed by atoms with E-state index in [1.807, 2.05) is 36.4 Å². The van der Waals surface area contributed by atoms with Crippen molar-refractivity contribution >= 4 is 45.6 Å². The van der Waals surface area contributed by atoms with Crippen LogP contribution in [0.2, 0.25) is 0 Å². The van der Waals surface area contributed by atoms with Gasteiger partial charge >= 0.3 is 0 Å². The maximum atomic E-state index is 13.7. The Kier molecular flexibility index (Phi) is 6.76. The molecule has 3 aliphatic rings. The molecule has 3 amide bonds. The molecule has 3 heterocycles. The highest BCUT2D eigenvalue weighted by molar-refractivity contribution is 6.28. The standard InChI is InChI=1S/C33H33N3O5/c1-3-17-35-27-16-15-23(36-28-13-6-10-22-9-5-12-25(30(22)28)31(36)39)19-26(27)33(41,32(35)40)21(2)8-4-14-29(38)34-18-7-11-24(34)20-37/h3-6,8-10,12-13,15-16,19,21,24,37,41H,1,7,11,14,17-18,20H2,2H3/b8-4+/t21-,24-,33+/m0/s1. The number of amides is 3. The fourth-order valence-corrected chi connectivity index (χ4v) is 6.54. The number of carbonyl (C=O) groups excluding carboxylic acids is 3. The lowest BCUT2D eigenvalue weighted by atomic mass is 9.82. The van der Waals surface area contributed by atoms with Crippen molar-refractivity contribution in [1.29, 1.82) is 0 Å². The molecule has 0 saturated carbocycles. The minimum absolute atomic E-state index is 0.0581. The molecule has 1 fully saturated rings. The van der Waals surface area contributed by atoms with E-state index in [1.165, 1.54) is 4.90 Å². The molecule has 1 saturated heterocycles. The summed E-state index contributed by atoms with van der Waals surface area (Å²) in [6, 6.07) is 16.6. The number of carbonyl (C=O) groups is 3. The highest BCUT2D eigenvalue weighted by Crippen LogP contribution is 2.49. The summed E-state index contributed by atoms with van der Waals surface area (Å²) in [6.45, 7) is 6.30. The first-order valence-electron chi connectivity index (χ1n) is 14.0. The Bertz CT molecular complexity index is 1610. The van der Waals surface area contributed by atoms with Crippen LogP contribution in [0.3, 0.4) is 0 Å². The summed E-state index contributed by atoms with van der Waals surface area (Å²) in [5, 5.41) is 23.5. The number of hydrogen-bond acceptors (Lipinski definition) is 5. The van der Waals surface area contributed by atoms with Gasteiger partial charge in [0, 0.05) is 42.1 Å². The van der Waals surface area contributed by atoms with Crippen molar-refractivity contribution in [2.45, 2.75) is 37.8 Å². The Hall–Kier alpha value is -4.27. The molecule has 3 aromatic carbocycles. The fourth-order valence-electron chi connectivity index (χ4n) is 6.54. The number of aliphatic hydroxyl groups is 2. The van der Waals surface area contributed by atoms with E-state index in [0.717, 1.165) is 29.3 Å². The van der Waals surface area contributed by atoms with Crippen molar-refractivity contribution in [3.63, 3.8) is 0 Å². The average Bonchev–Trinajstić information content (AvgIpc) is 3.64. The lowest BCUT2D eigenvalue weighted by molar-refractivity contribution is -0.139. The summed E-state index contributed by atoms with van der Waals surface area (Å²) >= 11 is 0. The molecule has 2 N–H and O–H groups in total. The minimum atomic E-state index is -1.91. The molecule has 210 valence electrons. The first-order chi connectivity index (χ1) is 19.8. The van der Waals surface area contributed by atoms with Gasteiger partial charge < -0.3 is 20.0 Å². The first-order valence-corrected chi connectivity index (χ1v) is 14.0. The molecular formula is C33H33N3O5. The van der Waals surface area contributed by atoms with Gasteiger partial charge in [0.25, 0.3) is 11.8 Å². The largest absolute Gasteiger partial charge is 0.394 e. The molecule has 0 aliphatic carbocycles. The summed E-state index contributed by atoms with van der Waals surface area (Å²) in [5.74, 6) is -1.41. The van der Waals surface area contributed by atoms with Gasteiger partial charge in [-0.25, -0.2) is 0 Å². The van der Waals surface area contributed by atoms with Crippen molar-refractivity contribution in [3.05, 3.63) is 90.5 Å². The number of anilines is 3. The quantitative estimate of drug-likeness (QED) is 0.404. The smallest absolute Gasteiger partial charge is 0.264 e. The molecule has 0 radical (unpaired) electrons. The SMILES string of the molecule is C=CCN1C(=O)[C@@](O)([C@@H](C)/C=C/CC(=O)N2CCC[C@H]2CO)c2cc(N3C(=O)c4cccc5cccc3c45)ccc21. The predicted octanol–water partition coefficient (Wildman–Crippen LogP) is 4.42. The topological polar surface area (TPSA) is 101 Å². The average molecular weight is 552 g/mol. The number of rotatable bonds is 8. The van der Waals surface area contributed by atoms with Crippen molar-refractivity contribution in [2.75, 3.05) is 29.5 Å². The van der Waals surface area contributed by atoms with E-state index >= 15 is 0 Å². The molecular weight excluding hydrogens is 518 g/mol. The maximum Gasteiger partial charge on any atom is 0.264 e. The Morgan fingerprint density at radius 3 is 2.68 bits per heavy atom. The van der Waals surface area contributed by atoms with Gasteiger partial charge in [0.05, 0.1) is 29.6 Å². The molecule has 0 aromatic heterocycles. The van der Waals surface area contributed by atoms with Crippen LogP contribution in [-0.4, -0.2) is 58.6 Å². The number of hydrogen-bond donors (Lipinski definition) is 2. The van der Waals surface area contributed by atoms with Crippen LogP contribution in [0.4, 0.5) is 17.1 Å². The molecule has 6 rings (SSSR count). The van der Waals surface area contributed by atoms with Crippen LogP contribution in [0.25, 0.3) is 10.8 Å². The van der Waals surface area contributed by atoms with E-state index in [0.29, 0.717) is 29.0 Å². The Labute approximate surface area is 238 Å². The van der Waals surface area contributed by atoms with Gasteiger partial charge in [0.2, 0.25) is 5.91 Å². The molecule has 0 spiro atoms. The van der Waals surface area contributed by atoms with Gasteiger partial charge in [-0.1, -0.05) is 49.4 Å². The zero-order valence-electron chi connectivity index (χ0n) is 23.0. The van der Waals surface area contributed by atoms with E-state index in [4.69, 9.17) is 0 Å². The molecule has 8 nitrogen and oxygen atoms in total. The maximum absolute atomic E-state index is 13.7. The lowest BCUT2D eigenvalue weighted by Gasteiger charge is -2.28. The van der Waals surface area contributed by atoms with Gasteiger partial charge in [-0.15, -0.1) is 6.58 Å². The predicted molar refractivity (Wildman–Crippen MR) is 158 cm³/mol. The second-order valence-corrected chi connectivity index (χ2v) is 11.0. The van der Waals surface area contributed by atoms with Gasteiger partial charge in [-0.3, -0.25) is 19.3 Å². The molecule has 3 aromatic rings. The summed E-state index contributed by atoms with van der Waals surface area (Å²) in [7, 11) is 0. The summed E-state index contributed by atoms with van der Waals surface area (Å²) in [6.07, 6.45) is 6.75. The number of aliphatic hydroxyl groups excluding tert-OH is 1. The zero-order valence-corrected chi connectivity index (χ0v) is 23.0.